The van der Waals surface area contributed by atoms with Gasteiger partial charge in [0.15, 0.2) is 11.5 Å². The molecular formula is C20H17NO5S. The van der Waals surface area contributed by atoms with Crippen molar-refractivity contribution in [1.82, 2.24) is 4.98 Å². The second-order valence-corrected chi connectivity index (χ2v) is 7.22. The Bertz CT molecular complexity index is 1200. The first kappa shape index (κ1) is 17.4. The Balaban J connectivity index is 1.67. The number of aromatic hydroxyl groups is 1. The zero-order valence-corrected chi connectivity index (χ0v) is 15.8. The molecule has 0 spiro atoms. The van der Waals surface area contributed by atoms with Gasteiger partial charge in [-0.3, -0.25) is 0 Å². The van der Waals surface area contributed by atoms with Gasteiger partial charge < -0.3 is 18.7 Å². The maximum atomic E-state index is 11.9. The van der Waals surface area contributed by atoms with E-state index in [1.54, 1.807) is 35.9 Å². The third-order valence-electron chi connectivity index (χ3n) is 4.48. The molecule has 3 heterocycles. The lowest BCUT2D eigenvalue weighted by Gasteiger charge is -2.05. The number of hydrogen-bond acceptors (Lipinski definition) is 7. The quantitative estimate of drug-likeness (QED) is 0.549. The molecule has 27 heavy (non-hydrogen) atoms. The highest BCUT2D eigenvalue weighted by atomic mass is 32.1. The van der Waals surface area contributed by atoms with E-state index in [9.17, 15) is 9.90 Å². The molecule has 0 saturated carbocycles. The summed E-state index contributed by atoms with van der Waals surface area (Å²) in [5.74, 6) is 1.23. The van der Waals surface area contributed by atoms with E-state index in [-0.39, 0.29) is 17.1 Å². The van der Waals surface area contributed by atoms with Crippen molar-refractivity contribution in [2.75, 3.05) is 0 Å². The molecule has 0 saturated heterocycles. The number of fused-ring (bicyclic) bond motifs is 1. The molecule has 7 heteroatoms. The first-order valence-electron chi connectivity index (χ1n) is 8.33. The predicted molar refractivity (Wildman–Crippen MR) is 103 cm³/mol. The lowest BCUT2D eigenvalue weighted by molar-refractivity contribution is 0.309. The molecule has 6 nitrogen and oxygen atoms in total. The second kappa shape index (κ2) is 6.59. The molecule has 1 aromatic carbocycles. The average Bonchev–Trinajstić information content (AvgIpc) is 3.26. The fourth-order valence-electron chi connectivity index (χ4n) is 2.80. The molecule has 3 aromatic heterocycles. The molecule has 0 amide bonds. The minimum Gasteiger partial charge on any atom is -0.507 e. The van der Waals surface area contributed by atoms with Crippen molar-refractivity contribution >= 4 is 22.3 Å². The van der Waals surface area contributed by atoms with Gasteiger partial charge in [0.1, 0.15) is 23.7 Å². The molecule has 0 aliphatic heterocycles. The highest BCUT2D eigenvalue weighted by Crippen LogP contribution is 2.34. The number of aryl methyl sites for hydroxylation is 1. The van der Waals surface area contributed by atoms with E-state index in [2.05, 4.69) is 4.98 Å². The van der Waals surface area contributed by atoms with Crippen molar-refractivity contribution in [2.24, 2.45) is 0 Å². The van der Waals surface area contributed by atoms with Gasteiger partial charge in [0.2, 0.25) is 0 Å². The Morgan fingerprint density at radius 3 is 2.70 bits per heavy atom. The molecule has 0 unspecified atom stereocenters. The van der Waals surface area contributed by atoms with Crippen LogP contribution in [-0.2, 0) is 6.61 Å². The van der Waals surface area contributed by atoms with E-state index in [4.69, 9.17) is 13.6 Å². The molecule has 4 aromatic rings. The van der Waals surface area contributed by atoms with E-state index in [0.29, 0.717) is 29.3 Å². The lowest BCUT2D eigenvalue weighted by atomic mass is 10.1. The summed E-state index contributed by atoms with van der Waals surface area (Å²) in [4.78, 5) is 17.2. The molecule has 0 fully saturated rings. The van der Waals surface area contributed by atoms with Crippen LogP contribution in [0.25, 0.3) is 22.5 Å². The third kappa shape index (κ3) is 3.10. The number of ether oxygens (including phenoxy) is 1. The van der Waals surface area contributed by atoms with E-state index in [1.807, 2.05) is 19.1 Å². The van der Waals surface area contributed by atoms with Crippen LogP contribution in [0.4, 0.5) is 0 Å². The average molecular weight is 383 g/mol. The van der Waals surface area contributed by atoms with Crippen LogP contribution in [0.5, 0.6) is 11.5 Å². The van der Waals surface area contributed by atoms with Crippen LogP contribution < -0.4 is 10.4 Å². The van der Waals surface area contributed by atoms with Gasteiger partial charge in [-0.05, 0) is 45.0 Å². The molecule has 4 rings (SSSR count). The van der Waals surface area contributed by atoms with Crippen molar-refractivity contribution in [3.05, 3.63) is 61.9 Å². The van der Waals surface area contributed by atoms with Gasteiger partial charge in [-0.25, -0.2) is 9.78 Å². The fraction of sp³-hybridized carbons (Fsp3) is 0.200. The summed E-state index contributed by atoms with van der Waals surface area (Å²) in [6, 6.07) is 7.25. The first-order valence-corrected chi connectivity index (χ1v) is 9.21. The summed E-state index contributed by atoms with van der Waals surface area (Å²) in [5.41, 5.74) is 3.46. The third-order valence-corrected chi connectivity index (χ3v) is 5.39. The zero-order chi connectivity index (χ0) is 19.1. The van der Waals surface area contributed by atoms with Gasteiger partial charge in [-0.2, -0.15) is 0 Å². The Morgan fingerprint density at radius 1 is 1.15 bits per heavy atom. The van der Waals surface area contributed by atoms with Crippen LogP contribution in [0.1, 0.15) is 21.7 Å². The van der Waals surface area contributed by atoms with Crippen molar-refractivity contribution < 1.29 is 18.7 Å². The van der Waals surface area contributed by atoms with Crippen molar-refractivity contribution in [3.8, 4) is 23.0 Å². The Labute approximate surface area is 158 Å². The molecule has 0 atom stereocenters. The Hall–Kier alpha value is -3.06. The monoisotopic (exact) mass is 383 g/mol. The summed E-state index contributed by atoms with van der Waals surface area (Å²) >= 11 is 1.56. The number of aromatic nitrogens is 1. The van der Waals surface area contributed by atoms with Crippen LogP contribution in [0.2, 0.25) is 0 Å². The summed E-state index contributed by atoms with van der Waals surface area (Å²) < 4.78 is 17.0. The number of thiazole rings is 1. The van der Waals surface area contributed by atoms with E-state index in [0.717, 1.165) is 16.0 Å². The molecule has 0 aliphatic rings. The Kier molecular flexibility index (Phi) is 4.24. The standard InChI is InChI=1S/C20H17NO5S/c1-10-18(22)11(2)20(23)26-19(10)16-7-13-6-14(4-5-15(13)25-16)24-8-17-12(3)21-9-27-17/h4-7,9,22H,8H2,1-3H3. The van der Waals surface area contributed by atoms with Crippen molar-refractivity contribution in [3.63, 3.8) is 0 Å². The summed E-state index contributed by atoms with van der Waals surface area (Å²) in [6.07, 6.45) is 0. The molecule has 0 radical (unpaired) electrons. The number of hydrogen-bond donors (Lipinski definition) is 1. The van der Waals surface area contributed by atoms with Crippen LogP contribution in [-0.4, -0.2) is 10.1 Å². The van der Waals surface area contributed by atoms with E-state index < -0.39 is 5.63 Å². The summed E-state index contributed by atoms with van der Waals surface area (Å²) in [5, 5.41) is 10.9. The van der Waals surface area contributed by atoms with E-state index >= 15 is 0 Å². The van der Waals surface area contributed by atoms with Crippen LogP contribution in [0.15, 0.2) is 43.4 Å². The fourth-order valence-corrected chi connectivity index (χ4v) is 3.49. The lowest BCUT2D eigenvalue weighted by Crippen LogP contribution is -2.05. The molecular weight excluding hydrogens is 366 g/mol. The minimum atomic E-state index is -0.586. The molecule has 138 valence electrons. The van der Waals surface area contributed by atoms with Gasteiger partial charge in [0.25, 0.3) is 0 Å². The largest absolute Gasteiger partial charge is 0.507 e. The van der Waals surface area contributed by atoms with Gasteiger partial charge >= 0.3 is 5.63 Å². The number of benzene rings is 1. The summed E-state index contributed by atoms with van der Waals surface area (Å²) in [6.45, 7) is 5.60. The van der Waals surface area contributed by atoms with Gasteiger partial charge in [0.05, 0.1) is 21.6 Å². The Morgan fingerprint density at radius 2 is 1.96 bits per heavy atom. The molecule has 0 bridgehead atoms. The highest BCUT2D eigenvalue weighted by molar-refractivity contribution is 7.09. The molecule has 0 aliphatic carbocycles. The van der Waals surface area contributed by atoms with Gasteiger partial charge in [-0.15, -0.1) is 11.3 Å². The maximum absolute atomic E-state index is 11.9. The van der Waals surface area contributed by atoms with Gasteiger partial charge in [0, 0.05) is 10.9 Å². The smallest absolute Gasteiger partial charge is 0.343 e. The number of furan rings is 1. The first-order chi connectivity index (χ1) is 12.9. The molecule has 1 N–H and O–H groups in total. The second-order valence-electron chi connectivity index (χ2n) is 6.28. The zero-order valence-electron chi connectivity index (χ0n) is 15.0. The van der Waals surface area contributed by atoms with Crippen LogP contribution in [0.3, 0.4) is 0 Å². The SMILES string of the molecule is Cc1ncsc1COc1ccc2oc(-c3oc(=O)c(C)c(O)c3C)cc2c1. The summed E-state index contributed by atoms with van der Waals surface area (Å²) in [7, 11) is 0. The predicted octanol–water partition coefficient (Wildman–Crippen LogP) is 4.72. The van der Waals surface area contributed by atoms with Crippen molar-refractivity contribution in [2.45, 2.75) is 27.4 Å². The van der Waals surface area contributed by atoms with Crippen LogP contribution in [0, 0.1) is 20.8 Å². The normalized spacial score (nSPS) is 11.2. The minimum absolute atomic E-state index is 0.0781. The van der Waals surface area contributed by atoms with Crippen molar-refractivity contribution in [1.29, 1.82) is 0 Å². The maximum Gasteiger partial charge on any atom is 0.343 e. The van der Waals surface area contributed by atoms with Gasteiger partial charge in [-0.1, -0.05) is 0 Å². The van der Waals surface area contributed by atoms with E-state index in [1.165, 1.54) is 6.92 Å². The van der Waals surface area contributed by atoms with Crippen LogP contribution >= 0.6 is 11.3 Å². The number of rotatable bonds is 4. The highest BCUT2D eigenvalue weighted by Gasteiger charge is 2.18. The number of nitrogens with zero attached hydrogens (tertiary/aromatic N) is 1. The topological polar surface area (TPSA) is 85.7 Å².